The Morgan fingerprint density at radius 3 is 2.20 bits per heavy atom. The summed E-state index contributed by atoms with van der Waals surface area (Å²) in [6, 6.07) is 15.3. The van der Waals surface area contributed by atoms with Crippen LogP contribution in [0, 0.1) is 6.92 Å². The van der Waals surface area contributed by atoms with Crippen molar-refractivity contribution >= 4 is 22.8 Å². The van der Waals surface area contributed by atoms with Crippen molar-refractivity contribution in [2.75, 3.05) is 0 Å². The summed E-state index contributed by atoms with van der Waals surface area (Å²) in [6.07, 6.45) is 0. The van der Waals surface area contributed by atoms with Gasteiger partial charge in [0.15, 0.2) is 0 Å². The molecule has 0 aliphatic heterocycles. The Hall–Kier alpha value is -2.13. The number of aryl methyl sites for hydroxylation is 1. The van der Waals surface area contributed by atoms with Gasteiger partial charge >= 0.3 is 0 Å². The number of amides is 1. The van der Waals surface area contributed by atoms with Gasteiger partial charge in [-0.2, -0.15) is 0 Å². The van der Waals surface area contributed by atoms with Gasteiger partial charge < -0.3 is 5.32 Å². The Labute approximate surface area is 122 Å². The maximum absolute atomic E-state index is 12.2. The molecule has 1 N–H and O–H groups in total. The first-order chi connectivity index (χ1) is 9.59. The van der Waals surface area contributed by atoms with Crippen LogP contribution in [0.5, 0.6) is 0 Å². The Morgan fingerprint density at radius 2 is 1.60 bits per heavy atom. The number of carbonyl (C=O) groups is 2. The third-order valence-corrected chi connectivity index (χ3v) is 3.24. The maximum atomic E-state index is 12.2. The molecule has 0 heterocycles. The van der Waals surface area contributed by atoms with Gasteiger partial charge in [-0.25, -0.2) is 0 Å². The van der Waals surface area contributed by atoms with Gasteiger partial charge in [0.1, 0.15) is 6.04 Å². The molecule has 2 aromatic rings. The maximum Gasteiger partial charge on any atom is 0.252 e. The normalized spacial score (nSPS) is 11.7. The molecular weight excluding hydrogens is 274 g/mol. The van der Waals surface area contributed by atoms with Crippen LogP contribution in [-0.2, 0) is 4.79 Å². The number of nitrogens with one attached hydrogen (secondary N) is 1. The molecule has 2 aromatic carbocycles. The lowest BCUT2D eigenvalue weighted by Crippen LogP contribution is -2.32. The van der Waals surface area contributed by atoms with Gasteiger partial charge in [-0.15, -0.1) is 0 Å². The number of halogens is 1. The van der Waals surface area contributed by atoms with Gasteiger partial charge in [-0.3, -0.25) is 9.59 Å². The summed E-state index contributed by atoms with van der Waals surface area (Å²) in [5.41, 5.74) is 2.04. The van der Waals surface area contributed by atoms with Crippen LogP contribution in [0.2, 0.25) is 0 Å². The van der Waals surface area contributed by atoms with E-state index in [0.717, 1.165) is 5.56 Å². The van der Waals surface area contributed by atoms with E-state index >= 15 is 0 Å². The lowest BCUT2D eigenvalue weighted by atomic mass is 10.1. The third kappa shape index (κ3) is 3.25. The molecule has 102 valence electrons. The Kier molecular flexibility index (Phi) is 4.53. The van der Waals surface area contributed by atoms with Crippen molar-refractivity contribution in [2.45, 2.75) is 13.0 Å². The highest BCUT2D eigenvalue weighted by atomic mass is 35.5. The van der Waals surface area contributed by atoms with Gasteiger partial charge in [0.05, 0.1) is 0 Å². The summed E-state index contributed by atoms with van der Waals surface area (Å²) in [7, 11) is 0. The second kappa shape index (κ2) is 6.35. The number of rotatable bonds is 4. The number of hydrogen-bond donors (Lipinski definition) is 1. The third-order valence-electron chi connectivity index (χ3n) is 3.02. The first-order valence-corrected chi connectivity index (χ1v) is 6.58. The van der Waals surface area contributed by atoms with Gasteiger partial charge in [-0.1, -0.05) is 48.5 Å². The van der Waals surface area contributed by atoms with Crippen molar-refractivity contribution in [1.29, 1.82) is 0 Å². The predicted molar refractivity (Wildman–Crippen MR) is 78.7 cm³/mol. The second-order valence-electron chi connectivity index (χ2n) is 4.44. The lowest BCUT2D eigenvalue weighted by Gasteiger charge is -2.16. The second-order valence-corrected chi connectivity index (χ2v) is 4.81. The summed E-state index contributed by atoms with van der Waals surface area (Å²) >= 11 is 5.60. The van der Waals surface area contributed by atoms with Crippen LogP contribution in [0.25, 0.3) is 0 Å². The lowest BCUT2D eigenvalue weighted by molar-refractivity contribution is -0.113. The van der Waals surface area contributed by atoms with Crippen molar-refractivity contribution in [3.05, 3.63) is 71.3 Å². The van der Waals surface area contributed by atoms with E-state index in [1.165, 1.54) is 0 Å². The van der Waals surface area contributed by atoms with Gasteiger partial charge in [0.2, 0.25) is 5.24 Å². The van der Waals surface area contributed by atoms with E-state index in [9.17, 15) is 9.59 Å². The van der Waals surface area contributed by atoms with Crippen molar-refractivity contribution in [1.82, 2.24) is 5.32 Å². The van der Waals surface area contributed by atoms with E-state index in [-0.39, 0.29) is 5.91 Å². The number of benzene rings is 2. The van der Waals surface area contributed by atoms with Crippen LogP contribution < -0.4 is 5.32 Å². The van der Waals surface area contributed by atoms with E-state index in [1.807, 2.05) is 25.1 Å². The average Bonchev–Trinajstić information content (AvgIpc) is 2.45. The molecule has 0 aromatic heterocycles. The molecule has 0 aliphatic carbocycles. The molecule has 20 heavy (non-hydrogen) atoms. The largest absolute Gasteiger partial charge is 0.337 e. The predicted octanol–water partition coefficient (Wildman–Crippen LogP) is 3.23. The van der Waals surface area contributed by atoms with E-state index in [0.29, 0.717) is 11.1 Å². The Bertz CT molecular complexity index is 625. The molecule has 0 radical (unpaired) electrons. The van der Waals surface area contributed by atoms with Crippen LogP contribution in [0.3, 0.4) is 0 Å². The molecule has 0 saturated heterocycles. The Balaban J connectivity index is 2.24. The average molecular weight is 288 g/mol. The van der Waals surface area contributed by atoms with Gasteiger partial charge in [-0.05, 0) is 35.7 Å². The molecule has 0 fully saturated rings. The van der Waals surface area contributed by atoms with Crippen molar-refractivity contribution in [3.8, 4) is 0 Å². The zero-order valence-corrected chi connectivity index (χ0v) is 11.7. The van der Waals surface area contributed by atoms with Gasteiger partial charge in [0, 0.05) is 5.56 Å². The molecule has 2 rings (SSSR count). The molecule has 1 atom stereocenters. The smallest absolute Gasteiger partial charge is 0.252 e. The summed E-state index contributed by atoms with van der Waals surface area (Å²) < 4.78 is 0. The topological polar surface area (TPSA) is 46.2 Å². The molecule has 1 unspecified atom stereocenters. The van der Waals surface area contributed by atoms with E-state index in [2.05, 4.69) is 5.32 Å². The van der Waals surface area contributed by atoms with Crippen LogP contribution in [0.4, 0.5) is 0 Å². The molecule has 1 amide bonds. The minimum absolute atomic E-state index is 0.314. The first-order valence-electron chi connectivity index (χ1n) is 6.20. The van der Waals surface area contributed by atoms with Crippen molar-refractivity contribution < 1.29 is 9.59 Å². The SMILES string of the molecule is Cc1ccccc1C(=O)NC(C(=O)Cl)c1ccccc1. The summed E-state index contributed by atoms with van der Waals surface area (Å²) in [4.78, 5) is 23.8. The van der Waals surface area contributed by atoms with Crippen molar-refractivity contribution in [3.63, 3.8) is 0 Å². The highest BCUT2D eigenvalue weighted by Crippen LogP contribution is 2.17. The van der Waals surface area contributed by atoms with Crippen LogP contribution >= 0.6 is 11.6 Å². The highest BCUT2D eigenvalue weighted by Gasteiger charge is 2.21. The fourth-order valence-electron chi connectivity index (χ4n) is 1.95. The van der Waals surface area contributed by atoms with Crippen LogP contribution in [-0.4, -0.2) is 11.1 Å². The quantitative estimate of drug-likeness (QED) is 0.878. The van der Waals surface area contributed by atoms with Gasteiger partial charge in [0.25, 0.3) is 5.91 Å². The monoisotopic (exact) mass is 287 g/mol. The highest BCUT2D eigenvalue weighted by molar-refractivity contribution is 6.64. The summed E-state index contributed by atoms with van der Waals surface area (Å²) in [5, 5.41) is 2.06. The molecule has 3 nitrogen and oxygen atoms in total. The van der Waals surface area contributed by atoms with E-state index in [4.69, 9.17) is 11.6 Å². The molecule has 0 aliphatic rings. The fraction of sp³-hybridized carbons (Fsp3) is 0.125. The first kappa shape index (κ1) is 14.3. The number of carbonyl (C=O) groups excluding carboxylic acids is 2. The zero-order valence-electron chi connectivity index (χ0n) is 11.0. The molecule has 0 bridgehead atoms. The molecule has 4 heteroatoms. The fourth-order valence-corrected chi connectivity index (χ4v) is 2.13. The molecule has 0 spiro atoms. The summed E-state index contributed by atoms with van der Waals surface area (Å²) in [6.45, 7) is 1.84. The zero-order chi connectivity index (χ0) is 14.5. The van der Waals surface area contributed by atoms with Crippen LogP contribution in [0.1, 0.15) is 27.5 Å². The van der Waals surface area contributed by atoms with E-state index < -0.39 is 11.3 Å². The number of hydrogen-bond acceptors (Lipinski definition) is 2. The minimum Gasteiger partial charge on any atom is -0.337 e. The van der Waals surface area contributed by atoms with Crippen molar-refractivity contribution in [2.24, 2.45) is 0 Å². The van der Waals surface area contributed by atoms with E-state index in [1.54, 1.807) is 36.4 Å². The van der Waals surface area contributed by atoms with Crippen LogP contribution in [0.15, 0.2) is 54.6 Å². The Morgan fingerprint density at radius 1 is 1.00 bits per heavy atom. The molecule has 0 saturated carbocycles. The minimum atomic E-state index is -0.843. The standard InChI is InChI=1S/C16H14ClNO2/c1-11-7-5-6-10-13(11)16(20)18-14(15(17)19)12-8-3-2-4-9-12/h2-10,14H,1H3,(H,18,20). The molecular formula is C16H14ClNO2. The summed E-state index contributed by atoms with van der Waals surface area (Å²) in [5.74, 6) is -0.314.